The summed E-state index contributed by atoms with van der Waals surface area (Å²) in [4.78, 5) is 9.67. The Kier molecular flexibility index (Phi) is 7.83. The van der Waals surface area contributed by atoms with Crippen molar-refractivity contribution in [3.63, 3.8) is 0 Å². The molecule has 10 heteroatoms. The van der Waals surface area contributed by atoms with Crippen LogP contribution in [0.4, 0.5) is 0 Å². The molecule has 0 amide bonds. The van der Waals surface area contributed by atoms with Crippen LogP contribution >= 0.6 is 0 Å². The lowest BCUT2D eigenvalue weighted by Crippen LogP contribution is -2.29. The SMILES string of the molecule is CNCC(O)COc1cccc(-c2nc(CC3CCS(=O)(=O)CC3)cc(-c3c(C)noc3C)n2)c1. The summed E-state index contributed by atoms with van der Waals surface area (Å²) >= 11 is 0. The first kappa shape index (κ1) is 25.3. The number of sulfone groups is 1. The van der Waals surface area contributed by atoms with Crippen LogP contribution in [0.15, 0.2) is 34.9 Å². The number of likely N-dealkylation sites (N-methyl/N-ethyl adjacent to an activating group) is 1. The van der Waals surface area contributed by atoms with Crippen LogP contribution in [0.2, 0.25) is 0 Å². The van der Waals surface area contributed by atoms with E-state index in [1.54, 1.807) is 7.05 Å². The summed E-state index contributed by atoms with van der Waals surface area (Å²) in [5.41, 5.74) is 3.94. The van der Waals surface area contributed by atoms with Crippen molar-refractivity contribution in [2.75, 3.05) is 31.7 Å². The third-order valence-corrected chi connectivity index (χ3v) is 7.93. The molecule has 1 aliphatic rings. The van der Waals surface area contributed by atoms with Crippen molar-refractivity contribution in [3.8, 4) is 28.4 Å². The highest BCUT2D eigenvalue weighted by atomic mass is 32.2. The number of ether oxygens (including phenoxy) is 1. The van der Waals surface area contributed by atoms with Gasteiger partial charge in [-0.15, -0.1) is 0 Å². The van der Waals surface area contributed by atoms with E-state index in [9.17, 15) is 13.5 Å². The van der Waals surface area contributed by atoms with Crippen molar-refractivity contribution in [2.24, 2.45) is 5.92 Å². The second-order valence-corrected chi connectivity index (χ2v) is 11.4. The van der Waals surface area contributed by atoms with Gasteiger partial charge in [-0.05, 0) is 64.3 Å². The van der Waals surface area contributed by atoms with Crippen LogP contribution in [0, 0.1) is 19.8 Å². The average Bonchev–Trinajstić information content (AvgIpc) is 3.17. The van der Waals surface area contributed by atoms with E-state index >= 15 is 0 Å². The Labute approximate surface area is 205 Å². The number of nitrogens with zero attached hydrogens (tertiary/aromatic N) is 3. The number of benzene rings is 1. The number of aromatic nitrogens is 3. The molecule has 188 valence electrons. The van der Waals surface area contributed by atoms with E-state index in [4.69, 9.17) is 19.2 Å². The largest absolute Gasteiger partial charge is 0.491 e. The van der Waals surface area contributed by atoms with E-state index in [1.165, 1.54) is 0 Å². The molecule has 1 saturated heterocycles. The van der Waals surface area contributed by atoms with Crippen molar-refractivity contribution in [2.45, 2.75) is 39.2 Å². The summed E-state index contributed by atoms with van der Waals surface area (Å²) in [7, 11) is -1.15. The van der Waals surface area contributed by atoms with Crippen molar-refractivity contribution in [1.82, 2.24) is 20.4 Å². The Bertz CT molecular complexity index is 1240. The van der Waals surface area contributed by atoms with Gasteiger partial charge in [0, 0.05) is 17.8 Å². The van der Waals surface area contributed by atoms with Crippen LogP contribution < -0.4 is 10.1 Å². The molecule has 0 saturated carbocycles. The second-order valence-electron chi connectivity index (χ2n) is 9.12. The van der Waals surface area contributed by atoms with E-state index in [0.29, 0.717) is 43.1 Å². The molecule has 2 aromatic heterocycles. The van der Waals surface area contributed by atoms with Crippen LogP contribution in [0.25, 0.3) is 22.6 Å². The molecule has 1 unspecified atom stereocenters. The monoisotopic (exact) mass is 500 g/mol. The van der Waals surface area contributed by atoms with Gasteiger partial charge >= 0.3 is 0 Å². The van der Waals surface area contributed by atoms with Gasteiger partial charge in [0.05, 0.1) is 28.5 Å². The first-order valence-electron chi connectivity index (χ1n) is 11.8. The van der Waals surface area contributed by atoms with Gasteiger partial charge in [-0.2, -0.15) is 0 Å². The molecule has 3 aromatic rings. The topological polar surface area (TPSA) is 127 Å². The van der Waals surface area contributed by atoms with Gasteiger partial charge in [0.25, 0.3) is 0 Å². The number of aryl methyl sites for hydroxylation is 2. The summed E-state index contributed by atoms with van der Waals surface area (Å²) in [5.74, 6) is 2.54. The predicted octanol–water partition coefficient (Wildman–Crippen LogP) is 2.74. The number of rotatable bonds is 9. The van der Waals surface area contributed by atoms with Gasteiger partial charge in [-0.1, -0.05) is 17.3 Å². The lowest BCUT2D eigenvalue weighted by molar-refractivity contribution is 0.108. The lowest BCUT2D eigenvalue weighted by atomic mass is 9.96. The summed E-state index contributed by atoms with van der Waals surface area (Å²) in [6.07, 6.45) is 1.34. The summed E-state index contributed by atoms with van der Waals surface area (Å²) in [6.45, 7) is 4.34. The molecule has 9 nitrogen and oxygen atoms in total. The number of hydrogen-bond donors (Lipinski definition) is 2. The van der Waals surface area contributed by atoms with Crippen molar-refractivity contribution in [1.29, 1.82) is 0 Å². The maximum absolute atomic E-state index is 11.9. The van der Waals surface area contributed by atoms with Gasteiger partial charge in [0.15, 0.2) is 5.82 Å². The summed E-state index contributed by atoms with van der Waals surface area (Å²) in [5, 5.41) is 16.9. The quantitative estimate of drug-likeness (QED) is 0.456. The Morgan fingerprint density at radius 1 is 1.20 bits per heavy atom. The lowest BCUT2D eigenvalue weighted by Gasteiger charge is -2.22. The standard InChI is InChI=1S/C25H32N4O5S/c1-16-24(17(2)34-29-16)23-13-20(11-18-7-9-35(31,32)10-8-18)27-25(28-23)19-5-4-6-22(12-19)33-15-21(30)14-26-3/h4-6,12-13,18,21,26,30H,7-11,14-15H2,1-3H3. The Hall–Kier alpha value is -2.82. The number of aliphatic hydroxyl groups is 1. The Morgan fingerprint density at radius 2 is 1.97 bits per heavy atom. The fourth-order valence-corrected chi connectivity index (χ4v) is 5.95. The summed E-state index contributed by atoms with van der Waals surface area (Å²) < 4.78 is 34.9. The van der Waals surface area contributed by atoms with E-state index in [0.717, 1.165) is 28.2 Å². The predicted molar refractivity (Wildman–Crippen MR) is 133 cm³/mol. The van der Waals surface area contributed by atoms with Gasteiger partial charge in [0.1, 0.15) is 34.1 Å². The maximum atomic E-state index is 11.9. The minimum Gasteiger partial charge on any atom is -0.491 e. The third kappa shape index (κ3) is 6.45. The minimum atomic E-state index is -2.92. The maximum Gasteiger partial charge on any atom is 0.160 e. The van der Waals surface area contributed by atoms with Gasteiger partial charge in [-0.25, -0.2) is 18.4 Å². The highest BCUT2D eigenvalue weighted by Gasteiger charge is 2.25. The number of hydrogen-bond acceptors (Lipinski definition) is 9. The zero-order chi connectivity index (χ0) is 25.0. The number of aliphatic hydroxyl groups excluding tert-OH is 1. The fraction of sp³-hybridized carbons (Fsp3) is 0.480. The molecule has 0 bridgehead atoms. The van der Waals surface area contributed by atoms with E-state index in [2.05, 4.69) is 10.5 Å². The Balaban J connectivity index is 1.65. The Morgan fingerprint density at radius 3 is 2.66 bits per heavy atom. The molecule has 1 fully saturated rings. The second kappa shape index (κ2) is 10.8. The highest BCUT2D eigenvalue weighted by molar-refractivity contribution is 7.91. The van der Waals surface area contributed by atoms with Crippen LogP contribution in [0.3, 0.4) is 0 Å². The molecule has 35 heavy (non-hydrogen) atoms. The first-order valence-corrected chi connectivity index (χ1v) is 13.6. The van der Waals surface area contributed by atoms with Gasteiger partial charge in [0.2, 0.25) is 0 Å². The zero-order valence-electron chi connectivity index (χ0n) is 20.3. The van der Waals surface area contributed by atoms with Crippen molar-refractivity contribution in [3.05, 3.63) is 47.5 Å². The van der Waals surface area contributed by atoms with Gasteiger partial charge in [-0.3, -0.25) is 0 Å². The molecule has 2 N–H and O–H groups in total. The smallest absolute Gasteiger partial charge is 0.160 e. The van der Waals surface area contributed by atoms with Crippen molar-refractivity contribution < 1.29 is 22.8 Å². The van der Waals surface area contributed by atoms with E-state index in [-0.39, 0.29) is 24.0 Å². The fourth-order valence-electron chi connectivity index (χ4n) is 4.36. The molecule has 4 rings (SSSR count). The van der Waals surface area contributed by atoms with E-state index < -0.39 is 15.9 Å². The highest BCUT2D eigenvalue weighted by Crippen LogP contribution is 2.31. The molecular formula is C25H32N4O5S. The molecule has 1 aromatic carbocycles. The van der Waals surface area contributed by atoms with Crippen molar-refractivity contribution >= 4 is 9.84 Å². The van der Waals surface area contributed by atoms with E-state index in [1.807, 2.05) is 44.2 Å². The van der Waals surface area contributed by atoms with Crippen LogP contribution in [-0.2, 0) is 16.3 Å². The molecule has 1 aliphatic heterocycles. The van der Waals surface area contributed by atoms with Crippen LogP contribution in [-0.4, -0.2) is 66.5 Å². The third-order valence-electron chi connectivity index (χ3n) is 6.22. The first-order chi connectivity index (χ1) is 16.7. The minimum absolute atomic E-state index is 0.167. The normalized spacial score (nSPS) is 16.8. The average molecular weight is 501 g/mol. The number of nitrogens with one attached hydrogen (secondary N) is 1. The molecule has 3 heterocycles. The van der Waals surface area contributed by atoms with Crippen LogP contribution in [0.5, 0.6) is 5.75 Å². The molecule has 0 spiro atoms. The molecule has 0 radical (unpaired) electrons. The summed E-state index contributed by atoms with van der Waals surface area (Å²) in [6, 6.07) is 9.42. The molecular weight excluding hydrogens is 468 g/mol. The molecule has 0 aliphatic carbocycles. The van der Waals surface area contributed by atoms with Crippen LogP contribution in [0.1, 0.15) is 30.0 Å². The molecule has 1 atom stereocenters. The van der Waals surface area contributed by atoms with Gasteiger partial charge < -0.3 is 19.7 Å². The zero-order valence-corrected chi connectivity index (χ0v) is 21.1.